The summed E-state index contributed by atoms with van der Waals surface area (Å²) >= 11 is 0. The number of amidine groups is 1. The molecule has 1 aliphatic heterocycles. The monoisotopic (exact) mass is 328 g/mol. The van der Waals surface area contributed by atoms with E-state index < -0.39 is 0 Å². The molecule has 0 atom stereocenters. The largest absolute Gasteiger partial charge is 0.383 e. The summed E-state index contributed by atoms with van der Waals surface area (Å²) in [5, 5.41) is 0. The van der Waals surface area contributed by atoms with Crippen molar-refractivity contribution in [1.82, 2.24) is 4.98 Å². The van der Waals surface area contributed by atoms with Crippen molar-refractivity contribution in [3.8, 4) is 0 Å². The summed E-state index contributed by atoms with van der Waals surface area (Å²) in [6, 6.07) is 3.98. The molecule has 2 fully saturated rings. The molecule has 1 aliphatic carbocycles. The average Bonchev–Trinajstić information content (AvgIpc) is 2.53. The molecule has 6 nitrogen and oxygen atoms in total. The van der Waals surface area contributed by atoms with Crippen LogP contribution in [-0.4, -0.2) is 36.9 Å². The van der Waals surface area contributed by atoms with Gasteiger partial charge in [-0.05, 0) is 48.6 Å². The van der Waals surface area contributed by atoms with Crippen molar-refractivity contribution in [3.63, 3.8) is 0 Å². The van der Waals surface area contributed by atoms with Crippen LogP contribution < -0.4 is 16.4 Å². The molecule has 0 amide bonds. The third-order valence-corrected chi connectivity index (χ3v) is 5.20. The van der Waals surface area contributed by atoms with Gasteiger partial charge in [-0.2, -0.15) is 4.99 Å². The topological polar surface area (TPSA) is 92.9 Å². The van der Waals surface area contributed by atoms with Gasteiger partial charge in [-0.25, -0.2) is 4.98 Å². The minimum absolute atomic E-state index is 0.169. The van der Waals surface area contributed by atoms with E-state index in [1.54, 1.807) is 13.2 Å². The van der Waals surface area contributed by atoms with Crippen molar-refractivity contribution in [2.24, 2.45) is 32.3 Å². The van der Waals surface area contributed by atoms with Crippen molar-refractivity contribution in [3.05, 3.63) is 23.9 Å². The number of pyridine rings is 1. The van der Waals surface area contributed by atoms with Crippen LogP contribution in [0.15, 0.2) is 28.3 Å². The molecule has 1 aromatic heterocycles. The van der Waals surface area contributed by atoms with Crippen molar-refractivity contribution < 1.29 is 0 Å². The molecule has 24 heavy (non-hydrogen) atoms. The van der Waals surface area contributed by atoms with Gasteiger partial charge < -0.3 is 16.4 Å². The van der Waals surface area contributed by atoms with Crippen molar-refractivity contribution >= 4 is 17.6 Å². The number of hydrogen-bond acceptors (Lipinski definition) is 3. The molecule has 4 N–H and O–H groups in total. The van der Waals surface area contributed by atoms with Gasteiger partial charge >= 0.3 is 0 Å². The minimum Gasteiger partial charge on any atom is -0.383 e. The number of aromatic nitrogens is 1. The first-order valence-electron chi connectivity index (χ1n) is 8.60. The number of hydrogen-bond donors (Lipinski definition) is 2. The Labute approximate surface area is 144 Å². The minimum atomic E-state index is 0.169. The van der Waals surface area contributed by atoms with Gasteiger partial charge in [0.25, 0.3) is 0 Å². The maximum atomic E-state index is 5.94. The standard InChI is InChI=1S/C18H28N6/c1-17(2)10-18(11-17)7-4-8-24(12-18)14-6-5-13(9-22-14)15(19)23-16(20)21-3/h5-6,9H,4,7-8,10-12H2,1-3H3,(H4,19,20,21,23). The van der Waals surface area contributed by atoms with E-state index in [-0.39, 0.29) is 5.96 Å². The van der Waals surface area contributed by atoms with E-state index in [2.05, 4.69) is 33.7 Å². The highest BCUT2D eigenvalue weighted by Crippen LogP contribution is 2.58. The van der Waals surface area contributed by atoms with Gasteiger partial charge in [0, 0.05) is 31.9 Å². The predicted octanol–water partition coefficient (Wildman–Crippen LogP) is 2.14. The lowest BCUT2D eigenvalue weighted by Crippen LogP contribution is -2.53. The van der Waals surface area contributed by atoms with E-state index in [1.807, 2.05) is 12.1 Å². The molecule has 3 rings (SSSR count). The van der Waals surface area contributed by atoms with Gasteiger partial charge in [0.1, 0.15) is 11.7 Å². The highest BCUT2D eigenvalue weighted by molar-refractivity contribution is 6.04. The van der Waals surface area contributed by atoms with Gasteiger partial charge in [0.05, 0.1) is 0 Å². The van der Waals surface area contributed by atoms with Crippen LogP contribution in [-0.2, 0) is 0 Å². The van der Waals surface area contributed by atoms with E-state index >= 15 is 0 Å². The normalized spacial score (nSPS) is 23.2. The number of rotatable bonds is 2. The van der Waals surface area contributed by atoms with Crippen molar-refractivity contribution in [1.29, 1.82) is 0 Å². The second-order valence-corrected chi connectivity index (χ2v) is 8.03. The number of anilines is 1. The summed E-state index contributed by atoms with van der Waals surface area (Å²) in [7, 11) is 1.58. The van der Waals surface area contributed by atoms with Crippen LogP contribution in [0.25, 0.3) is 0 Å². The average molecular weight is 328 g/mol. The Morgan fingerprint density at radius 1 is 1.25 bits per heavy atom. The summed E-state index contributed by atoms with van der Waals surface area (Å²) in [5.74, 6) is 1.53. The molecule has 0 unspecified atom stereocenters. The number of nitrogens with two attached hydrogens (primary N) is 2. The molecule has 1 spiro atoms. The quantitative estimate of drug-likeness (QED) is 0.642. The first-order valence-corrected chi connectivity index (χ1v) is 8.60. The molecule has 6 heteroatoms. The molecule has 2 aliphatic rings. The first-order chi connectivity index (χ1) is 11.3. The van der Waals surface area contributed by atoms with Crippen LogP contribution in [0.5, 0.6) is 0 Å². The van der Waals surface area contributed by atoms with Crippen LogP contribution in [0.3, 0.4) is 0 Å². The summed E-state index contributed by atoms with van der Waals surface area (Å²) < 4.78 is 0. The number of nitrogens with zero attached hydrogens (tertiary/aromatic N) is 4. The van der Waals surface area contributed by atoms with Crippen molar-refractivity contribution in [2.75, 3.05) is 25.0 Å². The molecular weight excluding hydrogens is 300 g/mol. The molecular formula is C18H28N6. The Hall–Kier alpha value is -2.11. The Kier molecular flexibility index (Phi) is 4.24. The van der Waals surface area contributed by atoms with Gasteiger partial charge in [0.2, 0.25) is 5.96 Å². The summed E-state index contributed by atoms with van der Waals surface area (Å²) in [4.78, 5) is 14.8. The lowest BCUT2D eigenvalue weighted by molar-refractivity contribution is -0.0236. The lowest BCUT2D eigenvalue weighted by atomic mass is 9.52. The second-order valence-electron chi connectivity index (χ2n) is 8.03. The van der Waals surface area contributed by atoms with Gasteiger partial charge in [-0.15, -0.1) is 0 Å². The zero-order valence-electron chi connectivity index (χ0n) is 14.9. The second kappa shape index (κ2) is 6.07. The summed E-state index contributed by atoms with van der Waals surface area (Å²) in [6.45, 7) is 6.94. The van der Waals surface area contributed by atoms with Crippen LogP contribution in [0.4, 0.5) is 5.82 Å². The molecule has 0 bridgehead atoms. The maximum Gasteiger partial charge on any atom is 0.217 e. The highest BCUT2D eigenvalue weighted by Gasteiger charge is 2.50. The molecule has 130 valence electrons. The molecule has 0 radical (unpaired) electrons. The molecule has 1 aromatic rings. The summed E-state index contributed by atoms with van der Waals surface area (Å²) in [6.07, 6.45) is 7.00. The zero-order valence-corrected chi connectivity index (χ0v) is 14.9. The van der Waals surface area contributed by atoms with E-state index in [0.717, 1.165) is 24.5 Å². The Morgan fingerprint density at radius 2 is 2.00 bits per heavy atom. The Bertz CT molecular complexity index is 651. The smallest absolute Gasteiger partial charge is 0.217 e. The Balaban J connectivity index is 1.71. The fraction of sp³-hybridized carbons (Fsp3) is 0.611. The lowest BCUT2D eigenvalue weighted by Gasteiger charge is -2.57. The Morgan fingerprint density at radius 3 is 2.58 bits per heavy atom. The third-order valence-electron chi connectivity index (χ3n) is 5.20. The van der Waals surface area contributed by atoms with Gasteiger partial charge in [-0.3, -0.25) is 4.99 Å². The molecule has 2 heterocycles. The maximum absolute atomic E-state index is 5.94. The van der Waals surface area contributed by atoms with Gasteiger partial charge in [0.15, 0.2) is 0 Å². The summed E-state index contributed by atoms with van der Waals surface area (Å²) in [5.41, 5.74) is 13.3. The van der Waals surface area contributed by atoms with Gasteiger partial charge in [-0.1, -0.05) is 13.8 Å². The van der Waals surface area contributed by atoms with E-state index in [0.29, 0.717) is 16.7 Å². The predicted molar refractivity (Wildman–Crippen MR) is 99.4 cm³/mol. The van der Waals surface area contributed by atoms with E-state index in [9.17, 15) is 0 Å². The zero-order chi connectivity index (χ0) is 17.4. The van der Waals surface area contributed by atoms with Crippen LogP contribution in [0.1, 0.15) is 45.1 Å². The van der Waals surface area contributed by atoms with E-state index in [1.165, 1.54) is 25.7 Å². The molecule has 0 aromatic carbocycles. The third kappa shape index (κ3) is 3.37. The highest BCUT2D eigenvalue weighted by atomic mass is 15.2. The first kappa shape index (κ1) is 16.7. The van der Waals surface area contributed by atoms with Crippen LogP contribution in [0.2, 0.25) is 0 Å². The van der Waals surface area contributed by atoms with Crippen LogP contribution >= 0.6 is 0 Å². The molecule has 1 saturated carbocycles. The van der Waals surface area contributed by atoms with E-state index in [4.69, 9.17) is 11.5 Å². The number of aliphatic imine (C=N–C) groups is 2. The van der Waals surface area contributed by atoms with Crippen LogP contribution in [0, 0.1) is 10.8 Å². The van der Waals surface area contributed by atoms with Crippen molar-refractivity contribution in [2.45, 2.75) is 39.5 Å². The SMILES string of the molecule is CN=C(N)/N=C(\N)c1ccc(N2CCCC3(C2)CC(C)(C)C3)nc1. The fourth-order valence-corrected chi connectivity index (χ4v) is 4.63. The number of guanidine groups is 1. The molecule has 1 saturated heterocycles. The fourth-order valence-electron chi connectivity index (χ4n) is 4.63. The number of piperidine rings is 1.